The maximum Gasteiger partial charge on any atom is 0.279 e. The zero-order valence-electron chi connectivity index (χ0n) is 11.1. The Hall–Kier alpha value is -2.28. The molecule has 0 spiro atoms. The lowest BCUT2D eigenvalue weighted by Gasteiger charge is -2.09. The Bertz CT molecular complexity index is 593. The fourth-order valence-corrected chi connectivity index (χ4v) is 2.11. The van der Waals surface area contributed by atoms with E-state index in [1.165, 1.54) is 17.5 Å². The van der Waals surface area contributed by atoms with Crippen LogP contribution in [0.3, 0.4) is 0 Å². The first-order chi connectivity index (χ1) is 9.58. The van der Waals surface area contributed by atoms with E-state index in [2.05, 4.69) is 10.1 Å². The van der Waals surface area contributed by atoms with Gasteiger partial charge in [0.05, 0.1) is 17.2 Å². The molecule has 0 amide bonds. The van der Waals surface area contributed by atoms with Gasteiger partial charge in [0.2, 0.25) is 0 Å². The van der Waals surface area contributed by atoms with Gasteiger partial charge in [-0.2, -0.15) is 0 Å². The summed E-state index contributed by atoms with van der Waals surface area (Å²) >= 11 is 1.19. The molecule has 3 N–H and O–H groups in total. The van der Waals surface area contributed by atoms with Crippen LogP contribution in [-0.2, 0) is 0 Å². The van der Waals surface area contributed by atoms with Gasteiger partial charge in [0, 0.05) is 0 Å². The summed E-state index contributed by atoms with van der Waals surface area (Å²) in [5, 5.41) is 11.9. The van der Waals surface area contributed by atoms with Gasteiger partial charge in [-0.05, 0) is 38.1 Å². The SMILES string of the molecule is CC(C)Oc1ccc(Oc2ncc(/C(N)=N/O)s2)cc1. The molecule has 106 valence electrons. The van der Waals surface area contributed by atoms with Gasteiger partial charge < -0.3 is 20.4 Å². The number of hydrogen-bond acceptors (Lipinski definition) is 6. The highest BCUT2D eigenvalue weighted by atomic mass is 32.1. The monoisotopic (exact) mass is 293 g/mol. The molecule has 0 aliphatic carbocycles. The highest BCUT2D eigenvalue weighted by Crippen LogP contribution is 2.27. The van der Waals surface area contributed by atoms with E-state index >= 15 is 0 Å². The van der Waals surface area contributed by atoms with E-state index in [0.29, 0.717) is 15.8 Å². The Kier molecular flexibility index (Phi) is 4.41. The van der Waals surface area contributed by atoms with Gasteiger partial charge in [-0.25, -0.2) is 4.98 Å². The molecule has 7 heteroatoms. The van der Waals surface area contributed by atoms with Crippen molar-refractivity contribution in [3.8, 4) is 16.7 Å². The number of nitrogens with two attached hydrogens (primary N) is 1. The van der Waals surface area contributed by atoms with Crippen LogP contribution in [0, 0.1) is 0 Å². The molecular weight excluding hydrogens is 278 g/mol. The van der Waals surface area contributed by atoms with Crippen molar-refractivity contribution in [2.75, 3.05) is 0 Å². The third-order valence-corrected chi connectivity index (χ3v) is 3.14. The Morgan fingerprint density at radius 3 is 2.55 bits per heavy atom. The van der Waals surface area contributed by atoms with E-state index in [4.69, 9.17) is 20.4 Å². The third kappa shape index (κ3) is 3.61. The number of benzene rings is 1. The van der Waals surface area contributed by atoms with E-state index in [0.717, 1.165) is 5.75 Å². The maximum absolute atomic E-state index is 8.58. The molecule has 1 aromatic heterocycles. The van der Waals surface area contributed by atoms with E-state index in [-0.39, 0.29) is 11.9 Å². The molecule has 20 heavy (non-hydrogen) atoms. The first-order valence-electron chi connectivity index (χ1n) is 5.97. The van der Waals surface area contributed by atoms with Crippen LogP contribution in [0.15, 0.2) is 35.6 Å². The fraction of sp³-hybridized carbons (Fsp3) is 0.231. The number of aromatic nitrogens is 1. The second-order valence-corrected chi connectivity index (χ2v) is 5.21. The smallest absolute Gasteiger partial charge is 0.279 e. The van der Waals surface area contributed by atoms with Gasteiger partial charge in [-0.1, -0.05) is 16.5 Å². The lowest BCUT2D eigenvalue weighted by molar-refractivity contribution is 0.242. The first kappa shape index (κ1) is 14.1. The molecule has 0 bridgehead atoms. The average Bonchev–Trinajstić information content (AvgIpc) is 2.88. The van der Waals surface area contributed by atoms with Crippen LogP contribution in [0.5, 0.6) is 16.7 Å². The zero-order chi connectivity index (χ0) is 14.5. The van der Waals surface area contributed by atoms with Crippen LogP contribution >= 0.6 is 11.3 Å². The van der Waals surface area contributed by atoms with Crippen molar-refractivity contribution in [2.45, 2.75) is 20.0 Å². The van der Waals surface area contributed by atoms with Crippen LogP contribution < -0.4 is 15.2 Å². The summed E-state index contributed by atoms with van der Waals surface area (Å²) in [6.07, 6.45) is 1.62. The molecule has 6 nitrogen and oxygen atoms in total. The van der Waals surface area contributed by atoms with Crippen molar-refractivity contribution in [1.29, 1.82) is 0 Å². The lowest BCUT2D eigenvalue weighted by atomic mass is 10.3. The summed E-state index contributed by atoms with van der Waals surface area (Å²) < 4.78 is 11.1. The summed E-state index contributed by atoms with van der Waals surface area (Å²) in [7, 11) is 0. The molecule has 0 saturated heterocycles. The summed E-state index contributed by atoms with van der Waals surface area (Å²) in [5.41, 5.74) is 5.47. The van der Waals surface area contributed by atoms with Crippen LogP contribution in [0.25, 0.3) is 0 Å². The van der Waals surface area contributed by atoms with Gasteiger partial charge in [-0.15, -0.1) is 0 Å². The van der Waals surface area contributed by atoms with E-state index in [1.54, 1.807) is 12.1 Å². The molecule has 0 aliphatic heterocycles. The number of thiazole rings is 1. The van der Waals surface area contributed by atoms with Gasteiger partial charge in [0.25, 0.3) is 5.19 Å². The Balaban J connectivity index is 2.04. The Morgan fingerprint density at radius 1 is 1.30 bits per heavy atom. The van der Waals surface area contributed by atoms with E-state index in [9.17, 15) is 0 Å². The number of hydrogen-bond donors (Lipinski definition) is 2. The topological polar surface area (TPSA) is 90.0 Å². The molecule has 0 unspecified atom stereocenters. The molecule has 0 radical (unpaired) electrons. The van der Waals surface area contributed by atoms with Crippen molar-refractivity contribution < 1.29 is 14.7 Å². The number of nitrogens with zero attached hydrogens (tertiary/aromatic N) is 2. The molecular formula is C13H15N3O3S. The lowest BCUT2D eigenvalue weighted by Crippen LogP contribution is -2.10. The predicted molar refractivity (Wildman–Crippen MR) is 76.9 cm³/mol. The predicted octanol–water partition coefficient (Wildman–Crippen LogP) is 2.82. The zero-order valence-corrected chi connectivity index (χ0v) is 11.9. The van der Waals surface area contributed by atoms with E-state index in [1.807, 2.05) is 26.0 Å². The van der Waals surface area contributed by atoms with Crippen LogP contribution in [-0.4, -0.2) is 22.1 Å². The second kappa shape index (κ2) is 6.25. The third-order valence-electron chi connectivity index (χ3n) is 2.25. The average molecular weight is 293 g/mol. The molecule has 0 fully saturated rings. The fourth-order valence-electron chi connectivity index (χ4n) is 1.43. The summed E-state index contributed by atoms with van der Waals surface area (Å²) in [6, 6.07) is 7.24. The maximum atomic E-state index is 8.58. The molecule has 0 saturated carbocycles. The van der Waals surface area contributed by atoms with Crippen LogP contribution in [0.2, 0.25) is 0 Å². The van der Waals surface area contributed by atoms with Gasteiger partial charge in [0.1, 0.15) is 11.5 Å². The Morgan fingerprint density at radius 2 is 1.95 bits per heavy atom. The standard InChI is InChI=1S/C13H15N3O3S/c1-8(2)18-9-3-5-10(6-4-9)19-13-15-7-11(20-13)12(14)16-17/h3-8,17H,1-2H3,(H2,14,16). The van der Waals surface area contributed by atoms with Crippen LogP contribution in [0.4, 0.5) is 0 Å². The number of oxime groups is 1. The number of rotatable bonds is 5. The van der Waals surface area contributed by atoms with E-state index < -0.39 is 0 Å². The summed E-state index contributed by atoms with van der Waals surface area (Å²) in [5.74, 6) is 1.43. The van der Waals surface area contributed by atoms with Crippen molar-refractivity contribution in [1.82, 2.24) is 4.98 Å². The van der Waals surface area contributed by atoms with Crippen LogP contribution in [0.1, 0.15) is 18.7 Å². The Labute approximate surface area is 120 Å². The van der Waals surface area contributed by atoms with Crippen molar-refractivity contribution in [3.05, 3.63) is 35.3 Å². The molecule has 0 atom stereocenters. The largest absolute Gasteiger partial charge is 0.491 e. The minimum Gasteiger partial charge on any atom is -0.491 e. The number of ether oxygens (including phenoxy) is 2. The highest BCUT2D eigenvalue weighted by molar-refractivity contribution is 7.15. The first-order valence-corrected chi connectivity index (χ1v) is 6.78. The van der Waals surface area contributed by atoms with Crippen molar-refractivity contribution >= 4 is 17.2 Å². The molecule has 0 aliphatic rings. The quantitative estimate of drug-likeness (QED) is 0.383. The summed E-state index contributed by atoms with van der Waals surface area (Å²) in [4.78, 5) is 4.59. The minimum atomic E-state index is 0.0121. The second-order valence-electron chi connectivity index (χ2n) is 4.22. The molecule has 1 aromatic carbocycles. The normalized spacial score (nSPS) is 11.7. The minimum absolute atomic E-state index is 0.0121. The van der Waals surface area contributed by atoms with Gasteiger partial charge in [0.15, 0.2) is 5.84 Å². The van der Waals surface area contributed by atoms with Crippen molar-refractivity contribution in [2.24, 2.45) is 10.9 Å². The van der Waals surface area contributed by atoms with Crippen molar-refractivity contribution in [3.63, 3.8) is 0 Å². The molecule has 2 aromatic rings. The molecule has 1 heterocycles. The summed E-state index contributed by atoms with van der Waals surface area (Å²) in [6.45, 7) is 3.93. The highest BCUT2D eigenvalue weighted by Gasteiger charge is 2.08. The van der Waals surface area contributed by atoms with Gasteiger partial charge in [-0.3, -0.25) is 0 Å². The van der Waals surface area contributed by atoms with Gasteiger partial charge >= 0.3 is 0 Å². The number of amidine groups is 1. The molecule has 2 rings (SSSR count).